The summed E-state index contributed by atoms with van der Waals surface area (Å²) in [6, 6.07) is 6.66. The molecule has 116 valence electrons. The van der Waals surface area contributed by atoms with Crippen LogP contribution in [0.15, 0.2) is 30.3 Å². The van der Waals surface area contributed by atoms with E-state index in [1.807, 2.05) is 0 Å². The molecule has 0 radical (unpaired) electrons. The number of nitro groups is 1. The van der Waals surface area contributed by atoms with Gasteiger partial charge in [-0.1, -0.05) is 30.3 Å². The highest BCUT2D eigenvalue weighted by atomic mass is 16.7. The minimum absolute atomic E-state index is 0.263. The van der Waals surface area contributed by atoms with Crippen molar-refractivity contribution in [2.24, 2.45) is 0 Å². The Hall–Kier alpha value is -1.91. The average Bonchev–Trinajstić information content (AvgIpc) is 2.51. The molecule has 0 bridgehead atoms. The maximum Gasteiger partial charge on any atom is 0.414 e. The van der Waals surface area contributed by atoms with Gasteiger partial charge in [-0.25, -0.2) is 0 Å². The molecule has 0 heterocycles. The Kier molecular flexibility index (Phi) is 5.47. The van der Waals surface area contributed by atoms with E-state index < -0.39 is 41.4 Å². The van der Waals surface area contributed by atoms with Gasteiger partial charge in [-0.3, -0.25) is 14.9 Å². The second-order valence-corrected chi connectivity index (χ2v) is 4.36. The van der Waals surface area contributed by atoms with Crippen molar-refractivity contribution in [1.29, 1.82) is 0 Å². The number of carbonyl (C=O) groups excluding carboxylic acids is 1. The molecule has 0 saturated heterocycles. The summed E-state index contributed by atoms with van der Waals surface area (Å²) in [6.45, 7) is -1.02. The SMILES string of the molecule is O=C(c1ccccc1)[C@](O)([C@@H](O)[C@H](O)[C@H](O)CO)[N+](=O)[O-]. The molecule has 5 N–H and O–H groups in total. The minimum atomic E-state index is -3.56. The molecule has 21 heavy (non-hydrogen) atoms. The van der Waals surface area contributed by atoms with E-state index in [0.29, 0.717) is 0 Å². The summed E-state index contributed by atoms with van der Waals surface area (Å²) >= 11 is 0. The second-order valence-electron chi connectivity index (χ2n) is 4.36. The quantitative estimate of drug-likeness (QED) is 0.166. The van der Waals surface area contributed by atoms with E-state index in [2.05, 4.69) is 0 Å². The predicted molar refractivity (Wildman–Crippen MR) is 67.8 cm³/mol. The molecular formula is C12H15NO8. The van der Waals surface area contributed by atoms with Crippen LogP contribution in [-0.2, 0) is 0 Å². The fourth-order valence-electron chi connectivity index (χ4n) is 1.68. The molecule has 0 aliphatic carbocycles. The summed E-state index contributed by atoms with van der Waals surface area (Å²) in [4.78, 5) is 21.6. The molecular weight excluding hydrogens is 286 g/mol. The molecule has 9 heteroatoms. The number of aliphatic hydroxyl groups excluding tert-OH is 4. The topological polar surface area (TPSA) is 161 Å². The van der Waals surface area contributed by atoms with Gasteiger partial charge in [0.1, 0.15) is 12.2 Å². The van der Waals surface area contributed by atoms with Crippen LogP contribution in [0.25, 0.3) is 0 Å². The minimum Gasteiger partial charge on any atom is -0.394 e. The fourth-order valence-corrected chi connectivity index (χ4v) is 1.68. The van der Waals surface area contributed by atoms with E-state index in [-0.39, 0.29) is 5.56 Å². The molecule has 0 spiro atoms. The Morgan fingerprint density at radius 2 is 1.76 bits per heavy atom. The number of benzene rings is 1. The number of hydrogen-bond acceptors (Lipinski definition) is 8. The van der Waals surface area contributed by atoms with Crippen molar-refractivity contribution < 1.29 is 35.3 Å². The molecule has 0 amide bonds. The third-order valence-electron chi connectivity index (χ3n) is 2.97. The molecule has 4 atom stereocenters. The zero-order valence-electron chi connectivity index (χ0n) is 10.7. The normalized spacial score (nSPS) is 18.3. The highest BCUT2D eigenvalue weighted by molar-refractivity contribution is 6.01. The van der Waals surface area contributed by atoms with Gasteiger partial charge in [-0.2, -0.15) is 0 Å². The van der Waals surface area contributed by atoms with Crippen molar-refractivity contribution in [2.45, 2.75) is 24.0 Å². The van der Waals surface area contributed by atoms with Gasteiger partial charge in [0.25, 0.3) is 5.78 Å². The van der Waals surface area contributed by atoms with Crippen LogP contribution in [0.2, 0.25) is 0 Å². The number of Topliss-reactive ketones (excluding diaryl/α,β-unsaturated/α-hetero) is 1. The van der Waals surface area contributed by atoms with E-state index in [1.165, 1.54) is 30.3 Å². The lowest BCUT2D eigenvalue weighted by atomic mass is 9.91. The summed E-state index contributed by atoms with van der Waals surface area (Å²) in [5, 5.41) is 58.0. The number of aliphatic hydroxyl groups is 5. The summed E-state index contributed by atoms with van der Waals surface area (Å²) in [5.41, 5.74) is -3.82. The highest BCUT2D eigenvalue weighted by Gasteiger charge is 2.59. The number of nitrogens with zero attached hydrogens (tertiary/aromatic N) is 1. The lowest BCUT2D eigenvalue weighted by Crippen LogP contribution is -2.62. The number of rotatable bonds is 7. The Labute approximate surface area is 118 Å². The van der Waals surface area contributed by atoms with Crippen LogP contribution < -0.4 is 0 Å². The summed E-state index contributed by atoms with van der Waals surface area (Å²) in [5.74, 6) is -1.45. The smallest absolute Gasteiger partial charge is 0.394 e. The maximum absolute atomic E-state index is 12.1. The van der Waals surface area contributed by atoms with Gasteiger partial charge in [0.2, 0.25) is 0 Å². The summed E-state index contributed by atoms with van der Waals surface area (Å²) in [6.07, 6.45) is -6.89. The molecule has 0 fully saturated rings. The van der Waals surface area contributed by atoms with Gasteiger partial charge in [0.15, 0.2) is 6.10 Å². The molecule has 9 nitrogen and oxygen atoms in total. The largest absolute Gasteiger partial charge is 0.414 e. The van der Waals surface area contributed by atoms with Crippen LogP contribution in [0.5, 0.6) is 0 Å². The van der Waals surface area contributed by atoms with Crippen molar-refractivity contribution in [2.75, 3.05) is 6.61 Å². The zero-order valence-corrected chi connectivity index (χ0v) is 10.7. The lowest BCUT2D eigenvalue weighted by molar-refractivity contribution is -0.617. The van der Waals surface area contributed by atoms with Crippen LogP contribution >= 0.6 is 0 Å². The third kappa shape index (κ3) is 3.23. The Morgan fingerprint density at radius 1 is 1.24 bits per heavy atom. The van der Waals surface area contributed by atoms with Gasteiger partial charge in [0.05, 0.1) is 11.5 Å². The molecule has 0 unspecified atom stereocenters. The van der Waals surface area contributed by atoms with Crippen LogP contribution in [0.4, 0.5) is 0 Å². The van der Waals surface area contributed by atoms with Crippen LogP contribution in [0.3, 0.4) is 0 Å². The van der Waals surface area contributed by atoms with Crippen molar-refractivity contribution in [1.82, 2.24) is 0 Å². The van der Waals surface area contributed by atoms with E-state index in [0.717, 1.165) is 0 Å². The van der Waals surface area contributed by atoms with Gasteiger partial charge >= 0.3 is 5.72 Å². The molecule has 1 rings (SSSR count). The van der Waals surface area contributed by atoms with Crippen molar-refractivity contribution in [3.05, 3.63) is 46.0 Å². The standard InChI is InChI=1S/C12H15NO8/c14-6-8(15)9(16)11(18)12(19,13(20)21)10(17)7-4-2-1-3-5-7/h1-5,8-9,11,14-16,18-19H,6H2/t8-,9-,11+,12+/m1/s1. The van der Waals surface area contributed by atoms with Crippen molar-refractivity contribution in [3.63, 3.8) is 0 Å². The predicted octanol–water partition coefficient (Wildman–Crippen LogP) is -2.09. The first-order valence-corrected chi connectivity index (χ1v) is 5.88. The fraction of sp³-hybridized carbons (Fsp3) is 0.417. The Bertz CT molecular complexity index is 507. The van der Waals surface area contributed by atoms with E-state index in [1.54, 1.807) is 0 Å². The molecule has 0 aromatic heterocycles. The van der Waals surface area contributed by atoms with Gasteiger partial charge in [-0.15, -0.1) is 0 Å². The first kappa shape index (κ1) is 17.1. The van der Waals surface area contributed by atoms with Crippen LogP contribution in [0, 0.1) is 10.1 Å². The average molecular weight is 301 g/mol. The number of hydrogen-bond donors (Lipinski definition) is 5. The van der Waals surface area contributed by atoms with Gasteiger partial charge < -0.3 is 25.5 Å². The van der Waals surface area contributed by atoms with E-state index in [9.17, 15) is 35.3 Å². The van der Waals surface area contributed by atoms with Crippen molar-refractivity contribution >= 4 is 5.78 Å². The first-order valence-electron chi connectivity index (χ1n) is 5.88. The molecule has 0 aliphatic rings. The molecule has 0 aliphatic heterocycles. The monoisotopic (exact) mass is 301 g/mol. The molecule has 1 aromatic carbocycles. The summed E-state index contributed by atoms with van der Waals surface area (Å²) in [7, 11) is 0. The lowest BCUT2D eigenvalue weighted by Gasteiger charge is -2.28. The molecule has 1 aromatic rings. The molecule has 0 saturated carbocycles. The van der Waals surface area contributed by atoms with E-state index >= 15 is 0 Å². The third-order valence-corrected chi connectivity index (χ3v) is 2.97. The van der Waals surface area contributed by atoms with Crippen LogP contribution in [0.1, 0.15) is 10.4 Å². The van der Waals surface area contributed by atoms with Crippen molar-refractivity contribution in [3.8, 4) is 0 Å². The van der Waals surface area contributed by atoms with E-state index in [4.69, 9.17) is 5.11 Å². The summed E-state index contributed by atoms with van der Waals surface area (Å²) < 4.78 is 0. The zero-order chi connectivity index (χ0) is 16.2. The number of ketones is 1. The van der Waals surface area contributed by atoms with Gasteiger partial charge in [0, 0.05) is 5.56 Å². The second kappa shape index (κ2) is 6.70. The Balaban J connectivity index is 3.20. The van der Waals surface area contributed by atoms with Crippen LogP contribution in [-0.4, -0.2) is 66.9 Å². The van der Waals surface area contributed by atoms with Gasteiger partial charge in [-0.05, 0) is 0 Å². The number of carbonyl (C=O) groups is 1. The Morgan fingerprint density at radius 3 is 2.19 bits per heavy atom. The highest BCUT2D eigenvalue weighted by Crippen LogP contribution is 2.22. The first-order chi connectivity index (χ1) is 9.76. The maximum atomic E-state index is 12.1.